The number of thiazole rings is 1. The maximum Gasteiger partial charge on any atom is 0.261 e. The first kappa shape index (κ1) is 22.1. The Labute approximate surface area is 194 Å². The van der Waals surface area contributed by atoms with Crippen molar-refractivity contribution in [3.05, 3.63) is 77.3 Å². The lowest BCUT2D eigenvalue weighted by Gasteiger charge is -2.12. The summed E-state index contributed by atoms with van der Waals surface area (Å²) in [6, 6.07) is 17.7. The van der Waals surface area contributed by atoms with E-state index in [0.29, 0.717) is 28.0 Å². The van der Waals surface area contributed by atoms with E-state index in [-0.39, 0.29) is 16.1 Å². The van der Waals surface area contributed by atoms with Crippen LogP contribution in [0.15, 0.2) is 71.6 Å². The minimum atomic E-state index is -3.91. The van der Waals surface area contributed by atoms with Crippen molar-refractivity contribution < 1.29 is 17.9 Å². The van der Waals surface area contributed by atoms with Gasteiger partial charge in [0, 0.05) is 5.02 Å². The van der Waals surface area contributed by atoms with E-state index in [1.54, 1.807) is 12.1 Å². The second kappa shape index (κ2) is 9.15. The Kier molecular flexibility index (Phi) is 6.31. The third kappa shape index (κ3) is 4.69. The van der Waals surface area contributed by atoms with E-state index < -0.39 is 15.9 Å². The lowest BCUT2D eigenvalue weighted by Crippen LogP contribution is -2.18. The van der Waals surface area contributed by atoms with Gasteiger partial charge >= 0.3 is 0 Å². The zero-order chi connectivity index (χ0) is 22.7. The topological polar surface area (TPSA) is 97.4 Å². The molecule has 0 saturated carbocycles. The maximum absolute atomic E-state index is 13.0. The molecule has 4 aromatic rings. The predicted octanol–water partition coefficient (Wildman–Crippen LogP) is 5.40. The van der Waals surface area contributed by atoms with Crippen LogP contribution in [0.3, 0.4) is 0 Å². The van der Waals surface area contributed by atoms with Crippen LogP contribution in [-0.2, 0) is 10.0 Å². The maximum atomic E-state index is 13.0. The number of rotatable bonds is 7. The fourth-order valence-electron chi connectivity index (χ4n) is 3.00. The molecule has 0 aliphatic carbocycles. The molecule has 1 amide bonds. The van der Waals surface area contributed by atoms with Gasteiger partial charge in [0.2, 0.25) is 0 Å². The monoisotopic (exact) mass is 487 g/mol. The number of anilines is 2. The summed E-state index contributed by atoms with van der Waals surface area (Å²) >= 11 is 7.14. The van der Waals surface area contributed by atoms with Crippen LogP contribution in [0.25, 0.3) is 10.2 Å². The number of hydrogen-bond donors (Lipinski definition) is 2. The summed E-state index contributed by atoms with van der Waals surface area (Å²) < 4.78 is 34.4. The van der Waals surface area contributed by atoms with E-state index in [0.717, 1.165) is 4.70 Å². The molecule has 0 radical (unpaired) electrons. The summed E-state index contributed by atoms with van der Waals surface area (Å²) in [6.45, 7) is 2.38. The number of sulfonamides is 1. The molecule has 0 aliphatic heterocycles. The van der Waals surface area contributed by atoms with Crippen LogP contribution in [0, 0.1) is 0 Å². The molecule has 3 aromatic carbocycles. The van der Waals surface area contributed by atoms with E-state index in [4.69, 9.17) is 16.3 Å². The number of amides is 1. The number of nitrogens with one attached hydrogen (secondary N) is 2. The highest BCUT2D eigenvalue weighted by Crippen LogP contribution is 2.33. The van der Waals surface area contributed by atoms with Gasteiger partial charge in [-0.25, -0.2) is 13.4 Å². The van der Waals surface area contributed by atoms with Crippen molar-refractivity contribution in [3.63, 3.8) is 0 Å². The van der Waals surface area contributed by atoms with E-state index in [1.165, 1.54) is 47.7 Å². The SMILES string of the molecule is CCOc1cccc2sc(NC(=O)c3ccccc3NS(=O)(=O)c3ccc(Cl)cc3)nc12. The van der Waals surface area contributed by atoms with Crippen LogP contribution in [-0.4, -0.2) is 25.9 Å². The number of hydrogen-bond acceptors (Lipinski definition) is 6. The van der Waals surface area contributed by atoms with Crippen molar-refractivity contribution in [2.24, 2.45) is 0 Å². The Bertz CT molecular complexity index is 1390. The summed E-state index contributed by atoms with van der Waals surface area (Å²) in [6.07, 6.45) is 0. The fraction of sp³-hybridized carbons (Fsp3) is 0.0909. The molecule has 7 nitrogen and oxygen atoms in total. The summed E-state index contributed by atoms with van der Waals surface area (Å²) in [4.78, 5) is 17.5. The standard InChI is InChI=1S/C22H18ClN3O4S2/c1-2-30-18-8-5-9-19-20(18)24-22(31-19)25-21(27)16-6-3-4-7-17(16)26-32(28,29)15-12-10-14(23)11-13-15/h3-13,26H,2H2,1H3,(H,24,25,27). The van der Waals surface area contributed by atoms with Crippen molar-refractivity contribution >= 4 is 59.9 Å². The van der Waals surface area contributed by atoms with Gasteiger partial charge in [0.25, 0.3) is 15.9 Å². The highest BCUT2D eigenvalue weighted by molar-refractivity contribution is 7.92. The second-order valence-electron chi connectivity index (χ2n) is 6.61. The predicted molar refractivity (Wildman–Crippen MR) is 127 cm³/mol. The quantitative estimate of drug-likeness (QED) is 0.363. The van der Waals surface area contributed by atoms with Gasteiger partial charge in [0.15, 0.2) is 5.13 Å². The Morgan fingerprint density at radius 1 is 1.06 bits per heavy atom. The zero-order valence-electron chi connectivity index (χ0n) is 16.8. The smallest absolute Gasteiger partial charge is 0.261 e. The fourth-order valence-corrected chi connectivity index (χ4v) is 5.08. The minimum absolute atomic E-state index is 0.0340. The van der Waals surface area contributed by atoms with Crippen molar-refractivity contribution in [3.8, 4) is 5.75 Å². The van der Waals surface area contributed by atoms with Crippen LogP contribution >= 0.6 is 22.9 Å². The van der Waals surface area contributed by atoms with Crippen LogP contribution in [0.4, 0.5) is 10.8 Å². The molecule has 0 atom stereocenters. The number of para-hydroxylation sites is 2. The van der Waals surface area contributed by atoms with Gasteiger partial charge in [-0.3, -0.25) is 14.8 Å². The highest BCUT2D eigenvalue weighted by atomic mass is 35.5. The third-order valence-corrected chi connectivity index (χ3v) is 7.01. The number of nitrogens with zero attached hydrogens (tertiary/aromatic N) is 1. The number of ether oxygens (including phenoxy) is 1. The third-order valence-electron chi connectivity index (χ3n) is 4.44. The van der Waals surface area contributed by atoms with Gasteiger partial charge in [-0.05, 0) is 55.5 Å². The molecule has 1 heterocycles. The number of benzene rings is 3. The number of aromatic nitrogens is 1. The molecule has 164 valence electrons. The van der Waals surface area contributed by atoms with Crippen molar-refractivity contribution in [1.82, 2.24) is 4.98 Å². The average Bonchev–Trinajstić information content (AvgIpc) is 3.18. The molecule has 1 aromatic heterocycles. The Balaban J connectivity index is 1.60. The number of fused-ring (bicyclic) bond motifs is 1. The van der Waals surface area contributed by atoms with Gasteiger partial charge in [-0.1, -0.05) is 41.1 Å². The van der Waals surface area contributed by atoms with E-state index in [9.17, 15) is 13.2 Å². The molecule has 0 bridgehead atoms. The molecule has 0 saturated heterocycles. The van der Waals surface area contributed by atoms with Crippen LogP contribution in [0.1, 0.15) is 17.3 Å². The Morgan fingerprint density at radius 2 is 1.81 bits per heavy atom. The zero-order valence-corrected chi connectivity index (χ0v) is 19.2. The van der Waals surface area contributed by atoms with Gasteiger partial charge in [-0.2, -0.15) is 0 Å². The Morgan fingerprint density at radius 3 is 2.56 bits per heavy atom. The van der Waals surface area contributed by atoms with E-state index in [1.807, 2.05) is 25.1 Å². The molecule has 0 unspecified atom stereocenters. The van der Waals surface area contributed by atoms with Crippen LogP contribution < -0.4 is 14.8 Å². The molecule has 2 N–H and O–H groups in total. The average molecular weight is 488 g/mol. The molecule has 32 heavy (non-hydrogen) atoms. The molecule has 4 rings (SSSR count). The minimum Gasteiger partial charge on any atom is -0.492 e. The molecular weight excluding hydrogens is 470 g/mol. The summed E-state index contributed by atoms with van der Waals surface area (Å²) in [7, 11) is -3.91. The van der Waals surface area contributed by atoms with Crippen LogP contribution in [0.2, 0.25) is 5.02 Å². The summed E-state index contributed by atoms with van der Waals surface area (Å²) in [5.74, 6) is 0.147. The molecule has 0 aliphatic rings. The first-order valence-corrected chi connectivity index (χ1v) is 12.3. The Hall–Kier alpha value is -3.14. The first-order chi connectivity index (χ1) is 15.4. The van der Waals surface area contributed by atoms with Crippen molar-refractivity contribution in [2.45, 2.75) is 11.8 Å². The highest BCUT2D eigenvalue weighted by Gasteiger charge is 2.20. The van der Waals surface area contributed by atoms with E-state index in [2.05, 4.69) is 15.0 Å². The number of carbonyl (C=O) groups excluding carboxylic acids is 1. The first-order valence-electron chi connectivity index (χ1n) is 9.58. The number of halogens is 1. The van der Waals surface area contributed by atoms with E-state index >= 15 is 0 Å². The normalized spacial score (nSPS) is 11.3. The lowest BCUT2D eigenvalue weighted by atomic mass is 10.2. The molecule has 0 fully saturated rings. The van der Waals surface area contributed by atoms with Gasteiger partial charge < -0.3 is 4.74 Å². The van der Waals surface area contributed by atoms with Gasteiger partial charge in [0.1, 0.15) is 11.3 Å². The summed E-state index contributed by atoms with van der Waals surface area (Å²) in [5, 5.41) is 3.56. The van der Waals surface area contributed by atoms with Crippen molar-refractivity contribution in [2.75, 3.05) is 16.6 Å². The van der Waals surface area contributed by atoms with Crippen molar-refractivity contribution in [1.29, 1.82) is 0 Å². The van der Waals surface area contributed by atoms with Gasteiger partial charge in [0.05, 0.1) is 27.5 Å². The summed E-state index contributed by atoms with van der Waals surface area (Å²) in [5.41, 5.74) is 0.969. The lowest BCUT2D eigenvalue weighted by molar-refractivity contribution is 0.102. The number of carbonyl (C=O) groups is 1. The van der Waals surface area contributed by atoms with Crippen LogP contribution in [0.5, 0.6) is 5.75 Å². The second-order valence-corrected chi connectivity index (χ2v) is 9.76. The van der Waals surface area contributed by atoms with Gasteiger partial charge in [-0.15, -0.1) is 0 Å². The molecular formula is C22H18ClN3O4S2. The molecule has 0 spiro atoms. The largest absolute Gasteiger partial charge is 0.492 e. The molecule has 10 heteroatoms.